The summed E-state index contributed by atoms with van der Waals surface area (Å²) < 4.78 is 5.39. The van der Waals surface area contributed by atoms with E-state index in [0.717, 1.165) is 79.4 Å². The number of hydrogen-bond acceptors (Lipinski definition) is 10. The van der Waals surface area contributed by atoms with E-state index in [2.05, 4.69) is 55.0 Å². The minimum absolute atomic E-state index is 0.148. The number of ether oxygens (including phenoxy) is 1. The van der Waals surface area contributed by atoms with E-state index in [1.54, 1.807) is 35.4 Å². The average Bonchev–Trinajstić information content (AvgIpc) is 3.79. The van der Waals surface area contributed by atoms with Crippen molar-refractivity contribution in [2.45, 2.75) is 123 Å². The van der Waals surface area contributed by atoms with Crippen molar-refractivity contribution in [3.63, 3.8) is 0 Å². The number of rotatable bonds is 15. The number of nitrogens with zero attached hydrogens (tertiary/aromatic N) is 6. The van der Waals surface area contributed by atoms with Crippen LogP contribution in [0.15, 0.2) is 60.8 Å². The summed E-state index contributed by atoms with van der Waals surface area (Å²) in [7, 11) is 0. The highest BCUT2D eigenvalue weighted by atomic mass is 16.6. The lowest BCUT2D eigenvalue weighted by Crippen LogP contribution is -2.52. The number of alkyl carbamates (subject to hydrolysis) is 1. The second-order valence-corrected chi connectivity index (χ2v) is 17.5. The minimum Gasteiger partial charge on any atom is -0.444 e. The SMILES string of the molecule is CCN(CC)C1CCC(NC(=O)c2cc(C)c(-c3ccc(C[C@@H](C(N)=O)N(c4ccc(-c5nnn[nH]5)cc4)C(=O)[C@H]4CC[C@H](CNC(=O)OC(C)(C)C)CC4)cc3)cn2)CC1. The van der Waals surface area contributed by atoms with E-state index < -0.39 is 23.6 Å². The molecule has 2 aliphatic carbocycles. The van der Waals surface area contributed by atoms with Crippen LogP contribution in [0, 0.1) is 18.8 Å². The van der Waals surface area contributed by atoms with Crippen LogP contribution in [0.3, 0.4) is 0 Å². The summed E-state index contributed by atoms with van der Waals surface area (Å²) in [4.78, 5) is 62.1. The first-order valence-electron chi connectivity index (χ1n) is 21.8. The third-order valence-electron chi connectivity index (χ3n) is 12.2. The molecule has 0 radical (unpaired) electrons. The van der Waals surface area contributed by atoms with Gasteiger partial charge in [-0.1, -0.05) is 38.1 Å². The molecule has 326 valence electrons. The smallest absolute Gasteiger partial charge is 0.407 e. The Balaban J connectivity index is 1.14. The number of carbonyl (C=O) groups excluding carboxylic acids is 4. The molecule has 1 atom stereocenters. The summed E-state index contributed by atoms with van der Waals surface area (Å²) in [6.07, 6.45) is 8.23. The number of nitrogens with two attached hydrogens (primary N) is 1. The number of aryl methyl sites for hydroxylation is 1. The third-order valence-corrected chi connectivity index (χ3v) is 12.2. The highest BCUT2D eigenvalue weighted by Gasteiger charge is 2.36. The van der Waals surface area contributed by atoms with Gasteiger partial charge in [-0.25, -0.2) is 9.89 Å². The number of nitrogens with one attached hydrogen (secondary N) is 3. The normalized spacial score (nSPS) is 19.8. The quantitative estimate of drug-likeness (QED) is 0.104. The van der Waals surface area contributed by atoms with E-state index in [1.165, 1.54) is 0 Å². The van der Waals surface area contributed by atoms with Crippen LogP contribution in [0.1, 0.15) is 108 Å². The Morgan fingerprint density at radius 1 is 0.902 bits per heavy atom. The molecule has 6 rings (SSSR count). The summed E-state index contributed by atoms with van der Waals surface area (Å²) in [5, 5.41) is 20.1. The lowest BCUT2D eigenvalue weighted by Gasteiger charge is -2.36. The van der Waals surface area contributed by atoms with Gasteiger partial charge in [0.05, 0.1) is 0 Å². The molecule has 4 aromatic rings. The zero-order valence-electron chi connectivity index (χ0n) is 36.4. The van der Waals surface area contributed by atoms with Gasteiger partial charge in [0.25, 0.3) is 5.91 Å². The van der Waals surface area contributed by atoms with Gasteiger partial charge in [-0.15, -0.1) is 5.10 Å². The van der Waals surface area contributed by atoms with Crippen LogP contribution in [0.4, 0.5) is 10.5 Å². The number of hydrogen-bond donors (Lipinski definition) is 4. The number of tetrazole rings is 1. The lowest BCUT2D eigenvalue weighted by atomic mass is 9.81. The Labute approximate surface area is 359 Å². The maximum Gasteiger partial charge on any atom is 0.407 e. The first-order valence-corrected chi connectivity index (χ1v) is 21.8. The van der Waals surface area contributed by atoms with Gasteiger partial charge in [0, 0.05) is 54.0 Å². The molecule has 5 N–H and O–H groups in total. The number of amides is 4. The highest BCUT2D eigenvalue weighted by Crippen LogP contribution is 2.34. The summed E-state index contributed by atoms with van der Waals surface area (Å²) in [6, 6.07) is 16.5. The van der Waals surface area contributed by atoms with Gasteiger partial charge in [-0.2, -0.15) is 0 Å². The number of aromatic amines is 1. The Morgan fingerprint density at radius 2 is 1.56 bits per heavy atom. The molecule has 4 amide bonds. The molecule has 61 heavy (non-hydrogen) atoms. The van der Waals surface area contributed by atoms with Crippen molar-refractivity contribution in [1.29, 1.82) is 0 Å². The lowest BCUT2D eigenvalue weighted by molar-refractivity contribution is -0.127. The van der Waals surface area contributed by atoms with Gasteiger partial charge in [-0.3, -0.25) is 24.3 Å². The van der Waals surface area contributed by atoms with Gasteiger partial charge < -0.3 is 26.0 Å². The Morgan fingerprint density at radius 3 is 2.13 bits per heavy atom. The van der Waals surface area contributed by atoms with Crippen molar-refractivity contribution in [1.82, 2.24) is 41.1 Å². The number of pyridine rings is 1. The summed E-state index contributed by atoms with van der Waals surface area (Å²) >= 11 is 0. The summed E-state index contributed by atoms with van der Waals surface area (Å²) in [5.41, 5.74) is 10.8. The molecule has 2 aromatic carbocycles. The van der Waals surface area contributed by atoms with Gasteiger partial charge in [0.2, 0.25) is 11.8 Å². The van der Waals surface area contributed by atoms with E-state index in [-0.39, 0.29) is 36.1 Å². The molecule has 2 heterocycles. The maximum atomic E-state index is 14.6. The van der Waals surface area contributed by atoms with Crippen LogP contribution in [0.5, 0.6) is 0 Å². The molecule has 0 spiro atoms. The van der Waals surface area contributed by atoms with Crippen LogP contribution >= 0.6 is 0 Å². The molecule has 2 aliphatic rings. The molecule has 15 heteroatoms. The molecule has 0 bridgehead atoms. The molecule has 2 aromatic heterocycles. The van der Waals surface area contributed by atoms with Crippen LogP contribution in [-0.2, 0) is 20.7 Å². The van der Waals surface area contributed by atoms with E-state index in [4.69, 9.17) is 10.5 Å². The summed E-state index contributed by atoms with van der Waals surface area (Å²) in [6.45, 7) is 14.4. The molecule has 0 saturated heterocycles. The van der Waals surface area contributed by atoms with Gasteiger partial charge >= 0.3 is 6.09 Å². The van der Waals surface area contributed by atoms with E-state index in [9.17, 15) is 19.2 Å². The fourth-order valence-corrected chi connectivity index (χ4v) is 8.80. The fourth-order valence-electron chi connectivity index (χ4n) is 8.80. The van der Waals surface area contributed by atoms with Gasteiger partial charge in [-0.05, 0) is 156 Å². The predicted octanol–water partition coefficient (Wildman–Crippen LogP) is 6.38. The van der Waals surface area contributed by atoms with E-state index in [1.807, 2.05) is 58.0 Å². The van der Waals surface area contributed by atoms with E-state index >= 15 is 0 Å². The van der Waals surface area contributed by atoms with Crippen molar-refractivity contribution in [2.75, 3.05) is 24.5 Å². The van der Waals surface area contributed by atoms with Crippen molar-refractivity contribution in [3.05, 3.63) is 77.6 Å². The molecule has 0 aliphatic heterocycles. The number of aromatic nitrogens is 5. The zero-order valence-corrected chi connectivity index (χ0v) is 36.4. The van der Waals surface area contributed by atoms with Crippen molar-refractivity contribution in [3.8, 4) is 22.5 Å². The molecule has 15 nitrogen and oxygen atoms in total. The number of H-pyrrole nitrogens is 1. The largest absolute Gasteiger partial charge is 0.444 e. The molecular weight excluding hydrogens is 773 g/mol. The van der Waals surface area contributed by atoms with Crippen molar-refractivity contribution >= 4 is 29.5 Å². The molecule has 2 saturated carbocycles. The van der Waals surface area contributed by atoms with Crippen molar-refractivity contribution < 1.29 is 23.9 Å². The van der Waals surface area contributed by atoms with Crippen LogP contribution in [0.2, 0.25) is 0 Å². The number of carbonyl (C=O) groups is 4. The van der Waals surface area contributed by atoms with Gasteiger partial charge in [0.15, 0.2) is 5.82 Å². The molecular formula is C46H62N10O5. The van der Waals surface area contributed by atoms with Crippen LogP contribution in [-0.4, -0.2) is 97.7 Å². The Bertz CT molecular complexity index is 2080. The molecule has 2 fully saturated rings. The van der Waals surface area contributed by atoms with Gasteiger partial charge in [0.1, 0.15) is 17.3 Å². The minimum atomic E-state index is -0.976. The Kier molecular flexibility index (Phi) is 14.9. The van der Waals surface area contributed by atoms with Crippen molar-refractivity contribution in [2.24, 2.45) is 17.6 Å². The second kappa shape index (κ2) is 20.2. The monoisotopic (exact) mass is 834 g/mol. The Hall–Kier alpha value is -5.70. The number of benzene rings is 2. The summed E-state index contributed by atoms with van der Waals surface area (Å²) in [5.74, 6) is -0.617. The number of primary amides is 1. The third kappa shape index (κ3) is 11.8. The van der Waals surface area contributed by atoms with Crippen LogP contribution in [0.25, 0.3) is 22.5 Å². The zero-order chi connectivity index (χ0) is 43.7. The predicted molar refractivity (Wildman–Crippen MR) is 234 cm³/mol. The standard InChI is InChI=1S/C46H62N10O5/c1-7-55(8-2)36-23-19-35(20-24-36)50-43(58)39-25-29(3)38(28-48-39)32-13-9-30(10-14-32)26-40(41(47)57)56(37-21-17-33(18-22-37)42-51-53-54-52-42)44(59)34-15-11-31(12-16-34)27-49-45(60)61-46(4,5)6/h9-10,13-14,17-18,21-22,25,28,31,34-36,40H,7-8,11-12,15-16,19-20,23-24,26-27H2,1-6H3,(H2,47,57)(H,49,60)(H,50,58)(H,51,52,53,54)/t31-,34-,35?,36?,40-/m0/s1. The van der Waals surface area contributed by atoms with E-state index in [0.29, 0.717) is 42.6 Å². The average molecular weight is 835 g/mol. The first-order chi connectivity index (χ1) is 29.2. The van der Waals surface area contributed by atoms with Crippen LogP contribution < -0.4 is 21.3 Å². The second-order valence-electron chi connectivity index (χ2n) is 17.5. The maximum absolute atomic E-state index is 14.6. The first kappa shape index (κ1) is 44.8. The molecule has 0 unspecified atom stereocenters. The number of anilines is 1. The fraction of sp³-hybridized carbons (Fsp3) is 0.522. The topological polar surface area (TPSA) is 201 Å². The highest BCUT2D eigenvalue weighted by molar-refractivity contribution is 6.02.